The van der Waals surface area contributed by atoms with Gasteiger partial charge < -0.3 is 10.6 Å². The number of nitrogens with two attached hydrogens (primary N) is 1. The Morgan fingerprint density at radius 1 is 0.900 bits per heavy atom. The Hall–Kier alpha value is -0.570. The molecule has 2 unspecified atom stereocenters. The highest BCUT2D eigenvalue weighted by Crippen LogP contribution is 2.31. The minimum absolute atomic E-state index is 0.0427. The molecule has 0 saturated heterocycles. The molecule has 0 aromatic carbocycles. The third-order valence-corrected chi connectivity index (χ3v) is 5.37. The first-order valence-electron chi connectivity index (χ1n) is 8.69. The van der Waals surface area contributed by atoms with Gasteiger partial charge in [0.25, 0.3) is 0 Å². The topological polar surface area (TPSA) is 46.3 Å². The Bertz CT molecular complexity index is 286. The van der Waals surface area contributed by atoms with Gasteiger partial charge in [-0.15, -0.1) is 0 Å². The standard InChI is InChI=1S/C17H32N2O/c1-13(14(2)18)17(20)19(15-9-5-3-6-10-15)16-11-7-4-8-12-16/h13-16H,3-12,18H2,1-2H3. The lowest BCUT2D eigenvalue weighted by Crippen LogP contribution is -2.52. The number of rotatable bonds is 4. The maximum Gasteiger partial charge on any atom is 0.227 e. The maximum atomic E-state index is 12.9. The lowest BCUT2D eigenvalue weighted by atomic mass is 9.87. The summed E-state index contributed by atoms with van der Waals surface area (Å²) in [5.41, 5.74) is 5.99. The van der Waals surface area contributed by atoms with Crippen molar-refractivity contribution in [1.29, 1.82) is 0 Å². The molecule has 0 spiro atoms. The lowest BCUT2D eigenvalue weighted by molar-refractivity contribution is -0.142. The van der Waals surface area contributed by atoms with E-state index in [4.69, 9.17) is 5.73 Å². The number of hydrogen-bond donors (Lipinski definition) is 1. The molecule has 116 valence electrons. The summed E-state index contributed by atoms with van der Waals surface area (Å²) in [4.78, 5) is 15.2. The molecule has 0 aromatic heterocycles. The highest BCUT2D eigenvalue weighted by atomic mass is 16.2. The molecule has 0 bridgehead atoms. The molecule has 1 amide bonds. The van der Waals surface area contributed by atoms with E-state index < -0.39 is 0 Å². The highest BCUT2D eigenvalue weighted by molar-refractivity contribution is 5.80. The van der Waals surface area contributed by atoms with Crippen LogP contribution in [0.5, 0.6) is 0 Å². The first kappa shape index (κ1) is 15.8. The van der Waals surface area contributed by atoms with Crippen LogP contribution in [0.1, 0.15) is 78.1 Å². The average Bonchev–Trinajstić information content (AvgIpc) is 2.48. The van der Waals surface area contributed by atoms with Crippen molar-refractivity contribution in [3.8, 4) is 0 Å². The number of nitrogens with zero attached hydrogens (tertiary/aromatic N) is 1. The molecule has 0 heterocycles. The molecule has 3 nitrogen and oxygen atoms in total. The number of carbonyl (C=O) groups excluding carboxylic acids is 1. The molecule has 2 saturated carbocycles. The number of amides is 1. The van der Waals surface area contributed by atoms with Gasteiger partial charge in [-0.05, 0) is 32.6 Å². The number of hydrogen-bond acceptors (Lipinski definition) is 2. The molecule has 0 aromatic rings. The summed E-state index contributed by atoms with van der Waals surface area (Å²) in [6.07, 6.45) is 12.6. The van der Waals surface area contributed by atoms with Crippen LogP contribution in [0.4, 0.5) is 0 Å². The first-order chi connectivity index (χ1) is 9.61. The van der Waals surface area contributed by atoms with Crippen LogP contribution in [0.3, 0.4) is 0 Å². The highest BCUT2D eigenvalue weighted by Gasteiger charge is 2.35. The van der Waals surface area contributed by atoms with E-state index >= 15 is 0 Å². The van der Waals surface area contributed by atoms with Crippen molar-refractivity contribution in [2.24, 2.45) is 11.7 Å². The van der Waals surface area contributed by atoms with E-state index in [1.54, 1.807) is 0 Å². The van der Waals surface area contributed by atoms with E-state index in [1.165, 1.54) is 64.2 Å². The second-order valence-corrected chi connectivity index (χ2v) is 6.98. The summed E-state index contributed by atoms with van der Waals surface area (Å²) in [5.74, 6) is 0.276. The van der Waals surface area contributed by atoms with Crippen molar-refractivity contribution in [3.05, 3.63) is 0 Å². The fraction of sp³-hybridized carbons (Fsp3) is 0.941. The summed E-state index contributed by atoms with van der Waals surface area (Å²) in [5, 5.41) is 0. The lowest BCUT2D eigenvalue weighted by Gasteiger charge is -2.43. The third-order valence-electron chi connectivity index (χ3n) is 5.37. The Morgan fingerprint density at radius 2 is 1.30 bits per heavy atom. The molecule has 2 aliphatic rings. The van der Waals surface area contributed by atoms with Gasteiger partial charge in [-0.2, -0.15) is 0 Å². The molecule has 2 fully saturated rings. The van der Waals surface area contributed by atoms with Crippen LogP contribution in [0, 0.1) is 5.92 Å². The Balaban J connectivity index is 2.11. The van der Waals surface area contributed by atoms with Crippen LogP contribution in [-0.2, 0) is 4.79 Å². The third kappa shape index (κ3) is 3.75. The van der Waals surface area contributed by atoms with Gasteiger partial charge in [0.1, 0.15) is 0 Å². The molecule has 2 atom stereocenters. The molecule has 3 heteroatoms. The van der Waals surface area contributed by atoms with Crippen molar-refractivity contribution in [2.45, 2.75) is 96.2 Å². The summed E-state index contributed by atoms with van der Waals surface area (Å²) >= 11 is 0. The van der Waals surface area contributed by atoms with Gasteiger partial charge in [0.15, 0.2) is 0 Å². The van der Waals surface area contributed by atoms with Gasteiger partial charge >= 0.3 is 0 Å². The fourth-order valence-electron chi connectivity index (χ4n) is 3.84. The smallest absolute Gasteiger partial charge is 0.227 e. The molecular formula is C17H32N2O. The Morgan fingerprint density at radius 3 is 1.65 bits per heavy atom. The zero-order chi connectivity index (χ0) is 14.5. The van der Waals surface area contributed by atoms with Crippen LogP contribution in [0.15, 0.2) is 0 Å². The summed E-state index contributed by atoms with van der Waals surface area (Å²) in [6, 6.07) is 0.929. The minimum atomic E-state index is -0.0443. The fourth-order valence-corrected chi connectivity index (χ4v) is 3.84. The van der Waals surface area contributed by atoms with Crippen LogP contribution in [-0.4, -0.2) is 28.9 Å². The predicted octanol–water partition coefficient (Wildman–Crippen LogP) is 3.46. The zero-order valence-corrected chi connectivity index (χ0v) is 13.3. The molecule has 0 aliphatic heterocycles. The van der Waals surface area contributed by atoms with Crippen molar-refractivity contribution in [1.82, 2.24) is 4.90 Å². The molecular weight excluding hydrogens is 248 g/mol. The molecule has 0 radical (unpaired) electrons. The van der Waals surface area contributed by atoms with E-state index in [0.717, 1.165) is 0 Å². The summed E-state index contributed by atoms with van der Waals surface area (Å²) < 4.78 is 0. The zero-order valence-electron chi connectivity index (χ0n) is 13.3. The van der Waals surface area contributed by atoms with Crippen LogP contribution in [0.25, 0.3) is 0 Å². The molecule has 2 rings (SSSR count). The first-order valence-corrected chi connectivity index (χ1v) is 8.69. The SMILES string of the molecule is CC(N)C(C)C(=O)N(C1CCCCC1)C1CCCCC1. The predicted molar refractivity (Wildman–Crippen MR) is 83.4 cm³/mol. The maximum absolute atomic E-state index is 12.9. The van der Waals surface area contributed by atoms with Gasteiger partial charge in [0.05, 0.1) is 5.92 Å². The molecule has 20 heavy (non-hydrogen) atoms. The summed E-state index contributed by atoms with van der Waals surface area (Å²) in [7, 11) is 0. The van der Waals surface area contributed by atoms with Crippen LogP contribution >= 0.6 is 0 Å². The van der Waals surface area contributed by atoms with Gasteiger partial charge in [0.2, 0.25) is 5.91 Å². The van der Waals surface area contributed by atoms with E-state index in [2.05, 4.69) is 4.90 Å². The largest absolute Gasteiger partial charge is 0.336 e. The summed E-state index contributed by atoms with van der Waals surface area (Å²) in [6.45, 7) is 3.97. The normalized spacial score (nSPS) is 25.1. The van der Waals surface area contributed by atoms with Crippen molar-refractivity contribution < 1.29 is 4.79 Å². The van der Waals surface area contributed by atoms with Gasteiger partial charge in [0, 0.05) is 18.1 Å². The van der Waals surface area contributed by atoms with Crippen molar-refractivity contribution >= 4 is 5.91 Å². The Labute approximate surface area is 124 Å². The van der Waals surface area contributed by atoms with E-state index in [9.17, 15) is 4.79 Å². The van der Waals surface area contributed by atoms with Crippen LogP contribution in [0.2, 0.25) is 0 Å². The van der Waals surface area contributed by atoms with Crippen LogP contribution < -0.4 is 5.73 Å². The molecule has 2 aliphatic carbocycles. The average molecular weight is 280 g/mol. The van der Waals surface area contributed by atoms with Gasteiger partial charge in [-0.3, -0.25) is 4.79 Å². The quantitative estimate of drug-likeness (QED) is 0.857. The van der Waals surface area contributed by atoms with Crippen molar-refractivity contribution in [2.75, 3.05) is 0 Å². The Kier molecular flexibility index (Phi) is 5.88. The minimum Gasteiger partial charge on any atom is -0.336 e. The second-order valence-electron chi connectivity index (χ2n) is 6.98. The molecule has 2 N–H and O–H groups in total. The van der Waals surface area contributed by atoms with Gasteiger partial charge in [-0.1, -0.05) is 45.4 Å². The number of carbonyl (C=O) groups is 1. The second kappa shape index (κ2) is 7.44. The van der Waals surface area contributed by atoms with E-state index in [-0.39, 0.29) is 12.0 Å². The monoisotopic (exact) mass is 280 g/mol. The van der Waals surface area contributed by atoms with E-state index in [1.807, 2.05) is 13.8 Å². The van der Waals surface area contributed by atoms with Gasteiger partial charge in [-0.25, -0.2) is 0 Å². The van der Waals surface area contributed by atoms with Crippen molar-refractivity contribution in [3.63, 3.8) is 0 Å². The van der Waals surface area contributed by atoms with E-state index in [0.29, 0.717) is 18.0 Å².